The first-order chi connectivity index (χ1) is 14.0. The summed E-state index contributed by atoms with van der Waals surface area (Å²) in [6.45, 7) is 9.92. The molecule has 2 aromatic rings. The van der Waals surface area contributed by atoms with Crippen LogP contribution in [0.1, 0.15) is 56.0 Å². The van der Waals surface area contributed by atoms with Crippen molar-refractivity contribution in [3.8, 4) is 0 Å². The molecule has 0 unspecified atom stereocenters. The van der Waals surface area contributed by atoms with E-state index >= 15 is 0 Å². The summed E-state index contributed by atoms with van der Waals surface area (Å²) in [7, 11) is 0. The van der Waals surface area contributed by atoms with Gasteiger partial charge in [0.1, 0.15) is 5.82 Å². The van der Waals surface area contributed by atoms with E-state index in [1.165, 1.54) is 29.7 Å². The number of aryl methyl sites for hydroxylation is 1. The summed E-state index contributed by atoms with van der Waals surface area (Å²) >= 11 is 6.29. The summed E-state index contributed by atoms with van der Waals surface area (Å²) in [4.78, 5) is 11.8. The molecule has 0 atom stereocenters. The number of hydrogen-bond acceptors (Lipinski definition) is 4. The predicted molar refractivity (Wildman–Crippen MR) is 119 cm³/mol. The Bertz CT molecular complexity index is 924. The number of anilines is 1. The van der Waals surface area contributed by atoms with Gasteiger partial charge in [-0.1, -0.05) is 25.1 Å². The van der Waals surface area contributed by atoms with Crippen molar-refractivity contribution >= 4 is 17.3 Å². The minimum absolute atomic E-state index is 0.0410. The van der Waals surface area contributed by atoms with Gasteiger partial charge in [0.25, 0.3) is 0 Å². The third-order valence-corrected chi connectivity index (χ3v) is 7.49. The lowest BCUT2D eigenvalue weighted by Gasteiger charge is -2.40. The van der Waals surface area contributed by atoms with E-state index in [9.17, 15) is 0 Å². The van der Waals surface area contributed by atoms with Crippen molar-refractivity contribution in [1.29, 1.82) is 0 Å². The maximum absolute atomic E-state index is 6.29. The van der Waals surface area contributed by atoms with Gasteiger partial charge in [0.05, 0.1) is 0 Å². The number of halogens is 1. The monoisotopic (exact) mass is 408 g/mol. The number of nitrogens with one attached hydrogen (secondary N) is 1. The van der Waals surface area contributed by atoms with Crippen molar-refractivity contribution in [3.05, 3.63) is 64.8 Å². The second kappa shape index (κ2) is 7.10. The fraction of sp³-hybridized carbons (Fsp3) is 0.500. The van der Waals surface area contributed by atoms with Crippen LogP contribution in [-0.2, 0) is 17.3 Å². The topological polar surface area (TPSA) is 41.0 Å². The zero-order chi connectivity index (χ0) is 20.1. The minimum atomic E-state index is 0.0410. The highest BCUT2D eigenvalue weighted by atomic mass is 35.5. The van der Waals surface area contributed by atoms with E-state index in [-0.39, 0.29) is 10.8 Å². The molecular formula is C24H29ClN4. The maximum atomic E-state index is 6.29. The average Bonchev–Trinajstić information content (AvgIpc) is 3.43. The summed E-state index contributed by atoms with van der Waals surface area (Å²) < 4.78 is 0. The fourth-order valence-electron chi connectivity index (χ4n) is 4.91. The van der Waals surface area contributed by atoms with Crippen molar-refractivity contribution in [1.82, 2.24) is 14.9 Å². The minimum Gasteiger partial charge on any atom is -0.358 e. The SMILES string of the molecule is C=C1Nc2ccc(Cl)cc2C12CCN(CCCc1cnc(C3(C)CC3)nc1)CC2. The highest BCUT2D eigenvalue weighted by Crippen LogP contribution is 2.50. The van der Waals surface area contributed by atoms with Crippen molar-refractivity contribution in [2.45, 2.75) is 56.3 Å². The molecule has 1 aliphatic carbocycles. The molecule has 1 saturated carbocycles. The second-order valence-electron chi connectivity index (χ2n) is 9.30. The van der Waals surface area contributed by atoms with Crippen LogP contribution in [0.2, 0.25) is 5.02 Å². The highest BCUT2D eigenvalue weighted by Gasteiger charge is 2.44. The Morgan fingerprint density at radius 2 is 1.86 bits per heavy atom. The molecule has 0 amide bonds. The van der Waals surface area contributed by atoms with Crippen LogP contribution in [0.3, 0.4) is 0 Å². The molecule has 0 bridgehead atoms. The van der Waals surface area contributed by atoms with Crippen molar-refractivity contribution < 1.29 is 0 Å². The van der Waals surface area contributed by atoms with E-state index in [4.69, 9.17) is 11.6 Å². The van der Waals surface area contributed by atoms with Crippen molar-refractivity contribution in [2.75, 3.05) is 25.0 Å². The molecule has 1 spiro atoms. The molecular weight excluding hydrogens is 380 g/mol. The van der Waals surface area contributed by atoms with E-state index in [0.717, 1.165) is 61.9 Å². The Kier molecular flexibility index (Phi) is 4.67. The Balaban J connectivity index is 1.15. The van der Waals surface area contributed by atoms with Crippen molar-refractivity contribution in [3.63, 3.8) is 0 Å². The highest BCUT2D eigenvalue weighted by molar-refractivity contribution is 6.30. The van der Waals surface area contributed by atoms with Crippen LogP contribution >= 0.6 is 11.6 Å². The predicted octanol–water partition coefficient (Wildman–Crippen LogP) is 5.09. The number of hydrogen-bond donors (Lipinski definition) is 1. The lowest BCUT2D eigenvalue weighted by molar-refractivity contribution is 0.179. The largest absolute Gasteiger partial charge is 0.358 e. The van der Waals surface area contributed by atoms with Gasteiger partial charge in [0.15, 0.2) is 0 Å². The van der Waals surface area contributed by atoms with Crippen LogP contribution in [0.4, 0.5) is 5.69 Å². The van der Waals surface area contributed by atoms with E-state index in [1.54, 1.807) is 0 Å². The van der Waals surface area contributed by atoms with E-state index < -0.39 is 0 Å². The molecule has 1 aromatic heterocycles. The Morgan fingerprint density at radius 3 is 2.55 bits per heavy atom. The standard InChI is InChI=1S/C24H29ClN4/c1-17-24(20-14-19(25)5-6-21(20)28-17)9-12-29(13-10-24)11-3-4-18-15-26-22(27-16-18)23(2)7-8-23/h5-6,14-16,28H,1,3-4,7-13H2,2H3. The number of nitrogens with zero attached hydrogens (tertiary/aromatic N) is 3. The summed E-state index contributed by atoms with van der Waals surface area (Å²) in [6.07, 6.45) is 10.9. The lowest BCUT2D eigenvalue weighted by atomic mass is 9.72. The first-order valence-electron chi connectivity index (χ1n) is 10.8. The first kappa shape index (κ1) is 19.1. The molecule has 4 nitrogen and oxygen atoms in total. The normalized spacial score (nSPS) is 21.8. The molecule has 152 valence electrons. The van der Waals surface area contributed by atoms with Gasteiger partial charge in [0.2, 0.25) is 0 Å². The smallest absolute Gasteiger partial charge is 0.134 e. The van der Waals surface area contributed by atoms with Gasteiger partial charge >= 0.3 is 0 Å². The third-order valence-electron chi connectivity index (χ3n) is 7.25. The summed E-state index contributed by atoms with van der Waals surface area (Å²) in [5, 5.41) is 4.31. The summed E-state index contributed by atoms with van der Waals surface area (Å²) in [5.41, 5.74) is 5.19. The molecule has 1 saturated heterocycles. The summed E-state index contributed by atoms with van der Waals surface area (Å²) in [6, 6.07) is 6.17. The number of likely N-dealkylation sites (tertiary alicyclic amines) is 1. The second-order valence-corrected chi connectivity index (χ2v) is 9.73. The van der Waals surface area contributed by atoms with Gasteiger partial charge in [0, 0.05) is 39.6 Å². The van der Waals surface area contributed by atoms with E-state index in [1.807, 2.05) is 18.5 Å². The molecule has 1 aromatic carbocycles. The maximum Gasteiger partial charge on any atom is 0.134 e. The van der Waals surface area contributed by atoms with Gasteiger partial charge in [-0.3, -0.25) is 0 Å². The van der Waals surface area contributed by atoms with Gasteiger partial charge in [-0.2, -0.15) is 0 Å². The number of fused-ring (bicyclic) bond motifs is 2. The lowest BCUT2D eigenvalue weighted by Crippen LogP contribution is -2.43. The third kappa shape index (κ3) is 3.47. The van der Waals surface area contributed by atoms with Crippen LogP contribution in [0.5, 0.6) is 0 Å². The van der Waals surface area contributed by atoms with Gasteiger partial charge in [-0.05, 0) is 87.5 Å². The number of rotatable bonds is 5. The van der Waals surface area contributed by atoms with Crippen LogP contribution in [0.25, 0.3) is 0 Å². The Labute approximate surface area is 178 Å². The molecule has 3 aliphatic rings. The van der Waals surface area contributed by atoms with Crippen molar-refractivity contribution in [2.24, 2.45) is 0 Å². The Morgan fingerprint density at radius 1 is 1.14 bits per heavy atom. The van der Waals surface area contributed by atoms with E-state index in [0.29, 0.717) is 0 Å². The summed E-state index contributed by atoms with van der Waals surface area (Å²) in [5.74, 6) is 1.02. The number of aromatic nitrogens is 2. The number of piperidine rings is 1. The van der Waals surface area contributed by atoms with Crippen LogP contribution in [-0.4, -0.2) is 34.5 Å². The number of allylic oxidation sites excluding steroid dienone is 1. The number of benzene rings is 1. The van der Waals surface area contributed by atoms with Gasteiger partial charge < -0.3 is 10.2 Å². The molecule has 2 aliphatic heterocycles. The molecule has 5 heteroatoms. The zero-order valence-electron chi connectivity index (χ0n) is 17.2. The van der Waals surface area contributed by atoms with Crippen LogP contribution in [0.15, 0.2) is 42.9 Å². The molecule has 0 radical (unpaired) electrons. The quantitative estimate of drug-likeness (QED) is 0.748. The fourth-order valence-corrected chi connectivity index (χ4v) is 5.08. The molecule has 3 heterocycles. The average molecular weight is 409 g/mol. The van der Waals surface area contributed by atoms with Gasteiger partial charge in [-0.25, -0.2) is 9.97 Å². The van der Waals surface area contributed by atoms with Crippen LogP contribution in [0, 0.1) is 0 Å². The molecule has 1 N–H and O–H groups in total. The molecule has 5 rings (SSSR count). The van der Waals surface area contributed by atoms with Crippen LogP contribution < -0.4 is 5.32 Å². The molecule has 29 heavy (non-hydrogen) atoms. The van der Waals surface area contributed by atoms with Gasteiger partial charge in [-0.15, -0.1) is 0 Å². The molecule has 2 fully saturated rings. The first-order valence-corrected chi connectivity index (χ1v) is 11.2. The Hall–Kier alpha value is -1.91. The van der Waals surface area contributed by atoms with E-state index in [2.05, 4.69) is 45.8 Å². The zero-order valence-corrected chi connectivity index (χ0v) is 17.9.